The van der Waals surface area contributed by atoms with Crippen molar-refractivity contribution in [3.63, 3.8) is 0 Å². The quantitative estimate of drug-likeness (QED) is 0.871. The highest BCUT2D eigenvalue weighted by molar-refractivity contribution is 7.12. The van der Waals surface area contributed by atoms with E-state index in [1.807, 2.05) is 0 Å². The number of nitrogens with zero attached hydrogens (tertiary/aromatic N) is 2. The second kappa shape index (κ2) is 4.67. The smallest absolute Gasteiger partial charge is 0.291 e. The van der Waals surface area contributed by atoms with Crippen molar-refractivity contribution in [1.29, 1.82) is 0 Å². The number of aryl methyl sites for hydroxylation is 3. The molecule has 0 unspecified atom stereocenters. The van der Waals surface area contributed by atoms with Crippen molar-refractivity contribution in [2.24, 2.45) is 0 Å². The molecule has 0 aliphatic rings. The number of aromatic nitrogens is 3. The van der Waals surface area contributed by atoms with E-state index in [9.17, 15) is 4.79 Å². The van der Waals surface area contributed by atoms with Crippen LogP contribution < -0.4 is 5.32 Å². The van der Waals surface area contributed by atoms with Gasteiger partial charge in [0.05, 0.1) is 6.54 Å². The largest absolute Gasteiger partial charge is 0.344 e. The number of rotatable bonds is 3. The van der Waals surface area contributed by atoms with Gasteiger partial charge in [-0.15, -0.1) is 16.4 Å². The Morgan fingerprint density at radius 2 is 2.24 bits per heavy atom. The third kappa shape index (κ3) is 2.71. The Bertz CT molecular complexity index is 524. The summed E-state index contributed by atoms with van der Waals surface area (Å²) < 4.78 is 0. The van der Waals surface area contributed by atoms with Crippen LogP contribution in [-0.4, -0.2) is 21.1 Å². The fourth-order valence-corrected chi connectivity index (χ4v) is 2.42. The molecule has 0 atom stereocenters. The minimum absolute atomic E-state index is 0.188. The number of aromatic amines is 1. The summed E-state index contributed by atoms with van der Waals surface area (Å²) in [6.45, 7) is 6.42. The summed E-state index contributed by atoms with van der Waals surface area (Å²) in [7, 11) is 0. The number of carbonyl (C=O) groups is 1. The molecule has 0 aliphatic heterocycles. The molecule has 17 heavy (non-hydrogen) atoms. The summed E-state index contributed by atoms with van der Waals surface area (Å²) in [6, 6.07) is 2.09. The van der Waals surface area contributed by atoms with Crippen LogP contribution in [0.2, 0.25) is 0 Å². The summed E-state index contributed by atoms with van der Waals surface area (Å²) in [5, 5.41) is 9.24. The standard InChI is InChI=1S/C11H14N4OS/c1-6-4-9(17-7(6)2)5-12-11(16)10-13-8(3)14-15-10/h4H,5H2,1-3H3,(H,12,16)(H,13,14,15). The average molecular weight is 250 g/mol. The van der Waals surface area contributed by atoms with Gasteiger partial charge in [-0.05, 0) is 32.4 Å². The van der Waals surface area contributed by atoms with E-state index in [0.717, 1.165) is 4.88 Å². The van der Waals surface area contributed by atoms with Gasteiger partial charge in [0.2, 0.25) is 5.82 Å². The molecule has 90 valence electrons. The molecule has 0 radical (unpaired) electrons. The Hall–Kier alpha value is -1.69. The molecular weight excluding hydrogens is 236 g/mol. The lowest BCUT2D eigenvalue weighted by Gasteiger charge is -1.99. The third-order valence-electron chi connectivity index (χ3n) is 2.44. The predicted octanol–water partition coefficient (Wildman–Crippen LogP) is 1.72. The Morgan fingerprint density at radius 3 is 2.76 bits per heavy atom. The fourth-order valence-electron chi connectivity index (χ4n) is 1.43. The average Bonchev–Trinajstić information content (AvgIpc) is 2.83. The van der Waals surface area contributed by atoms with Crippen LogP contribution in [0, 0.1) is 20.8 Å². The van der Waals surface area contributed by atoms with Crippen molar-refractivity contribution in [1.82, 2.24) is 20.5 Å². The summed E-state index contributed by atoms with van der Waals surface area (Å²) >= 11 is 1.69. The molecule has 0 bridgehead atoms. The highest BCUT2D eigenvalue weighted by Crippen LogP contribution is 2.20. The maximum Gasteiger partial charge on any atom is 0.291 e. The molecule has 1 amide bonds. The lowest BCUT2D eigenvalue weighted by Crippen LogP contribution is -2.23. The lowest BCUT2D eigenvalue weighted by molar-refractivity contribution is 0.0941. The van der Waals surface area contributed by atoms with Crippen molar-refractivity contribution in [2.45, 2.75) is 27.3 Å². The van der Waals surface area contributed by atoms with Crippen molar-refractivity contribution in [2.75, 3.05) is 0 Å². The van der Waals surface area contributed by atoms with Gasteiger partial charge < -0.3 is 5.32 Å². The van der Waals surface area contributed by atoms with Gasteiger partial charge in [-0.2, -0.15) is 0 Å². The molecule has 0 saturated carbocycles. The van der Waals surface area contributed by atoms with Crippen LogP contribution in [0.3, 0.4) is 0 Å². The molecule has 0 spiro atoms. The summed E-state index contributed by atoms with van der Waals surface area (Å²) in [4.78, 5) is 18.1. The highest BCUT2D eigenvalue weighted by Gasteiger charge is 2.11. The van der Waals surface area contributed by atoms with Crippen molar-refractivity contribution in [3.8, 4) is 0 Å². The Labute approximate surface area is 103 Å². The van der Waals surface area contributed by atoms with Crippen LogP contribution in [0.4, 0.5) is 0 Å². The molecule has 0 saturated heterocycles. The van der Waals surface area contributed by atoms with Crippen LogP contribution in [0.15, 0.2) is 6.07 Å². The van der Waals surface area contributed by atoms with E-state index in [-0.39, 0.29) is 11.7 Å². The molecule has 2 aromatic rings. The monoisotopic (exact) mass is 250 g/mol. The van der Waals surface area contributed by atoms with Gasteiger partial charge in [0, 0.05) is 9.75 Å². The highest BCUT2D eigenvalue weighted by atomic mass is 32.1. The van der Waals surface area contributed by atoms with Gasteiger partial charge in [-0.25, -0.2) is 4.98 Å². The first-order valence-corrected chi connectivity index (χ1v) is 6.11. The predicted molar refractivity (Wildman–Crippen MR) is 66.1 cm³/mol. The van der Waals surface area contributed by atoms with Gasteiger partial charge in [-0.3, -0.25) is 9.89 Å². The fraction of sp³-hybridized carbons (Fsp3) is 0.364. The number of amides is 1. The molecule has 5 nitrogen and oxygen atoms in total. The number of thiophene rings is 1. The Kier molecular flexibility index (Phi) is 3.23. The van der Waals surface area contributed by atoms with Crippen molar-refractivity contribution >= 4 is 17.2 Å². The van der Waals surface area contributed by atoms with Crippen LogP contribution in [-0.2, 0) is 6.54 Å². The SMILES string of the molecule is Cc1nc(C(=O)NCc2cc(C)c(C)s2)n[nH]1. The van der Waals surface area contributed by atoms with Gasteiger partial charge in [0.25, 0.3) is 5.91 Å². The first-order valence-electron chi connectivity index (χ1n) is 5.29. The summed E-state index contributed by atoms with van der Waals surface area (Å²) in [5.74, 6) is 0.573. The van der Waals surface area contributed by atoms with E-state index < -0.39 is 0 Å². The Morgan fingerprint density at radius 1 is 1.47 bits per heavy atom. The lowest BCUT2D eigenvalue weighted by atomic mass is 10.3. The van der Waals surface area contributed by atoms with Gasteiger partial charge in [0.15, 0.2) is 0 Å². The van der Waals surface area contributed by atoms with Crippen LogP contribution in [0.5, 0.6) is 0 Å². The van der Waals surface area contributed by atoms with Crippen LogP contribution in [0.1, 0.15) is 31.8 Å². The maximum atomic E-state index is 11.7. The number of hydrogen-bond acceptors (Lipinski definition) is 4. The van der Waals surface area contributed by atoms with E-state index in [0.29, 0.717) is 12.4 Å². The zero-order valence-corrected chi connectivity index (χ0v) is 10.8. The molecule has 2 heterocycles. The molecule has 6 heteroatoms. The molecule has 2 rings (SSSR count). The van der Waals surface area contributed by atoms with E-state index >= 15 is 0 Å². The molecule has 0 fully saturated rings. The second-order valence-corrected chi connectivity index (χ2v) is 5.22. The van der Waals surface area contributed by atoms with Gasteiger partial charge in [-0.1, -0.05) is 0 Å². The van der Waals surface area contributed by atoms with Gasteiger partial charge in [0.1, 0.15) is 5.82 Å². The Balaban J connectivity index is 1.96. The van der Waals surface area contributed by atoms with Crippen molar-refractivity contribution < 1.29 is 4.79 Å². The normalized spacial score (nSPS) is 10.5. The van der Waals surface area contributed by atoms with Crippen molar-refractivity contribution in [3.05, 3.63) is 33.0 Å². The molecule has 0 aliphatic carbocycles. The second-order valence-electron chi connectivity index (χ2n) is 3.88. The summed E-state index contributed by atoms with van der Waals surface area (Å²) in [5.41, 5.74) is 1.26. The van der Waals surface area contributed by atoms with Crippen LogP contribution >= 0.6 is 11.3 Å². The van der Waals surface area contributed by atoms with E-state index in [1.165, 1.54) is 10.4 Å². The van der Waals surface area contributed by atoms with E-state index in [2.05, 4.69) is 40.4 Å². The first kappa shape index (κ1) is 11.8. The third-order valence-corrected chi connectivity index (χ3v) is 3.59. The minimum atomic E-state index is -0.252. The first-order chi connectivity index (χ1) is 8.06. The van der Waals surface area contributed by atoms with Crippen LogP contribution in [0.25, 0.3) is 0 Å². The molecule has 2 N–H and O–H groups in total. The minimum Gasteiger partial charge on any atom is -0.344 e. The zero-order valence-electron chi connectivity index (χ0n) is 10.00. The van der Waals surface area contributed by atoms with E-state index in [4.69, 9.17) is 0 Å². The van der Waals surface area contributed by atoms with E-state index in [1.54, 1.807) is 18.3 Å². The topological polar surface area (TPSA) is 70.7 Å². The molecule has 0 aromatic carbocycles. The summed E-state index contributed by atoms with van der Waals surface area (Å²) in [6.07, 6.45) is 0. The molecule has 2 aromatic heterocycles. The number of nitrogens with one attached hydrogen (secondary N) is 2. The zero-order chi connectivity index (χ0) is 12.4. The number of H-pyrrole nitrogens is 1. The van der Waals surface area contributed by atoms with Gasteiger partial charge >= 0.3 is 0 Å². The molecular formula is C11H14N4OS. The number of hydrogen-bond donors (Lipinski definition) is 2. The maximum absolute atomic E-state index is 11.7. The number of carbonyl (C=O) groups excluding carboxylic acids is 1.